The maximum absolute atomic E-state index is 12.2. The molecule has 1 amide bonds. The lowest BCUT2D eigenvalue weighted by Crippen LogP contribution is -2.19. The SMILES string of the molecule is O=C1N[C@@H](c2c[nH]c3cc(OCc4ccccc4)ccc23)c2ccccc21. The van der Waals surface area contributed by atoms with Crippen LogP contribution < -0.4 is 10.1 Å². The standard InChI is InChI=1S/C23H18N2O2/c26-23-19-9-5-4-8-18(19)22(25-23)20-13-24-21-12-16(10-11-17(20)21)27-14-15-6-2-1-3-7-15/h1-13,22,24H,14H2,(H,25,26)/t22-/m1/s1. The summed E-state index contributed by atoms with van der Waals surface area (Å²) in [7, 11) is 0. The zero-order chi connectivity index (χ0) is 18.2. The van der Waals surface area contributed by atoms with Crippen molar-refractivity contribution in [3.63, 3.8) is 0 Å². The Labute approximate surface area is 156 Å². The summed E-state index contributed by atoms with van der Waals surface area (Å²) in [4.78, 5) is 15.6. The minimum absolute atomic E-state index is 0.0206. The lowest BCUT2D eigenvalue weighted by Gasteiger charge is -2.11. The largest absolute Gasteiger partial charge is 0.489 e. The number of aromatic nitrogens is 1. The van der Waals surface area contributed by atoms with Crippen molar-refractivity contribution in [3.05, 3.63) is 101 Å². The van der Waals surface area contributed by atoms with Crippen molar-refractivity contribution in [3.8, 4) is 5.75 Å². The van der Waals surface area contributed by atoms with Gasteiger partial charge in [0.1, 0.15) is 12.4 Å². The van der Waals surface area contributed by atoms with Crippen LogP contribution in [0.1, 0.15) is 33.1 Å². The second-order valence-electron chi connectivity index (χ2n) is 6.72. The predicted molar refractivity (Wildman–Crippen MR) is 105 cm³/mol. The molecule has 4 heteroatoms. The molecule has 0 bridgehead atoms. The number of H-pyrrole nitrogens is 1. The minimum atomic E-state index is -0.126. The Morgan fingerprint density at radius 3 is 2.59 bits per heavy atom. The van der Waals surface area contributed by atoms with E-state index in [0.29, 0.717) is 6.61 Å². The fourth-order valence-corrected chi connectivity index (χ4v) is 3.68. The lowest BCUT2D eigenvalue weighted by molar-refractivity contribution is 0.0960. The maximum atomic E-state index is 12.2. The molecule has 1 aromatic heterocycles. The summed E-state index contributed by atoms with van der Waals surface area (Å²) in [5, 5.41) is 4.17. The first kappa shape index (κ1) is 15.7. The van der Waals surface area contributed by atoms with E-state index < -0.39 is 0 Å². The quantitative estimate of drug-likeness (QED) is 0.564. The van der Waals surface area contributed by atoms with E-state index in [1.165, 1.54) is 0 Å². The molecule has 0 saturated heterocycles. The van der Waals surface area contributed by atoms with Crippen molar-refractivity contribution in [1.29, 1.82) is 0 Å². The highest BCUT2D eigenvalue weighted by molar-refractivity contribution is 6.00. The van der Waals surface area contributed by atoms with Gasteiger partial charge in [-0.1, -0.05) is 48.5 Å². The Balaban J connectivity index is 1.44. The maximum Gasteiger partial charge on any atom is 0.252 e. The smallest absolute Gasteiger partial charge is 0.252 e. The molecule has 4 nitrogen and oxygen atoms in total. The first-order valence-corrected chi connectivity index (χ1v) is 8.97. The molecule has 132 valence electrons. The Kier molecular flexibility index (Phi) is 3.68. The molecule has 0 aliphatic carbocycles. The zero-order valence-electron chi connectivity index (χ0n) is 14.6. The average molecular weight is 354 g/mol. The molecule has 1 aliphatic heterocycles. The van der Waals surface area contributed by atoms with Crippen molar-refractivity contribution in [1.82, 2.24) is 10.3 Å². The van der Waals surface area contributed by atoms with E-state index in [-0.39, 0.29) is 11.9 Å². The molecule has 4 aromatic rings. The number of rotatable bonds is 4. The van der Waals surface area contributed by atoms with Crippen LogP contribution in [-0.2, 0) is 6.61 Å². The first-order valence-electron chi connectivity index (χ1n) is 8.97. The number of benzene rings is 3. The summed E-state index contributed by atoms with van der Waals surface area (Å²) in [5.74, 6) is 0.795. The van der Waals surface area contributed by atoms with Gasteiger partial charge in [0.05, 0.1) is 6.04 Å². The van der Waals surface area contributed by atoms with Crippen molar-refractivity contribution in [2.75, 3.05) is 0 Å². The number of ether oxygens (including phenoxy) is 1. The second-order valence-corrected chi connectivity index (χ2v) is 6.72. The predicted octanol–water partition coefficient (Wildman–Crippen LogP) is 4.58. The molecule has 1 aliphatic rings. The van der Waals surface area contributed by atoms with Crippen LogP contribution in [0, 0.1) is 0 Å². The van der Waals surface area contributed by atoms with Gasteiger partial charge in [-0.2, -0.15) is 0 Å². The topological polar surface area (TPSA) is 54.1 Å². The Bertz CT molecular complexity index is 1130. The van der Waals surface area contributed by atoms with E-state index in [2.05, 4.69) is 16.4 Å². The van der Waals surface area contributed by atoms with E-state index in [0.717, 1.165) is 38.9 Å². The molecule has 0 spiro atoms. The monoisotopic (exact) mass is 354 g/mol. The third kappa shape index (κ3) is 2.75. The van der Waals surface area contributed by atoms with Gasteiger partial charge in [0, 0.05) is 34.3 Å². The van der Waals surface area contributed by atoms with Gasteiger partial charge in [-0.3, -0.25) is 4.79 Å². The normalized spacial score (nSPS) is 15.6. The van der Waals surface area contributed by atoms with Crippen molar-refractivity contribution in [2.24, 2.45) is 0 Å². The van der Waals surface area contributed by atoms with Gasteiger partial charge >= 0.3 is 0 Å². The molecule has 0 fully saturated rings. The van der Waals surface area contributed by atoms with E-state index in [1.54, 1.807) is 0 Å². The van der Waals surface area contributed by atoms with Crippen LogP contribution >= 0.6 is 0 Å². The van der Waals surface area contributed by atoms with Gasteiger partial charge < -0.3 is 15.0 Å². The molecule has 27 heavy (non-hydrogen) atoms. The number of amides is 1. The number of hydrogen-bond donors (Lipinski definition) is 2. The highest BCUT2D eigenvalue weighted by Gasteiger charge is 2.30. The average Bonchev–Trinajstić information content (AvgIpc) is 3.28. The number of hydrogen-bond acceptors (Lipinski definition) is 2. The third-order valence-electron chi connectivity index (χ3n) is 5.04. The number of carbonyl (C=O) groups excluding carboxylic acids is 1. The van der Waals surface area contributed by atoms with Gasteiger partial charge in [-0.05, 0) is 29.3 Å². The molecule has 0 radical (unpaired) electrons. The zero-order valence-corrected chi connectivity index (χ0v) is 14.6. The molecular weight excluding hydrogens is 336 g/mol. The van der Waals surface area contributed by atoms with Crippen LogP contribution in [0.15, 0.2) is 79.0 Å². The van der Waals surface area contributed by atoms with Crippen molar-refractivity contribution < 1.29 is 9.53 Å². The molecule has 0 saturated carbocycles. The third-order valence-corrected chi connectivity index (χ3v) is 5.04. The number of nitrogens with one attached hydrogen (secondary N) is 2. The molecule has 1 atom stereocenters. The second kappa shape index (κ2) is 6.32. The summed E-state index contributed by atoms with van der Waals surface area (Å²) in [6.45, 7) is 0.534. The Morgan fingerprint density at radius 2 is 1.70 bits per heavy atom. The number of fused-ring (bicyclic) bond motifs is 2. The van der Waals surface area contributed by atoms with E-state index in [9.17, 15) is 4.79 Å². The molecule has 2 N–H and O–H groups in total. The highest BCUT2D eigenvalue weighted by Crippen LogP contribution is 2.35. The van der Waals surface area contributed by atoms with E-state index >= 15 is 0 Å². The molecular formula is C23H18N2O2. The van der Waals surface area contributed by atoms with Crippen molar-refractivity contribution in [2.45, 2.75) is 12.6 Å². The molecule has 3 aromatic carbocycles. The van der Waals surface area contributed by atoms with Crippen LogP contribution in [0.25, 0.3) is 10.9 Å². The lowest BCUT2D eigenvalue weighted by atomic mass is 9.98. The van der Waals surface area contributed by atoms with Crippen LogP contribution in [0.2, 0.25) is 0 Å². The first-order chi connectivity index (χ1) is 13.3. The minimum Gasteiger partial charge on any atom is -0.489 e. The summed E-state index contributed by atoms with van der Waals surface area (Å²) >= 11 is 0. The number of aromatic amines is 1. The van der Waals surface area contributed by atoms with Crippen LogP contribution in [-0.4, -0.2) is 10.9 Å². The van der Waals surface area contributed by atoms with E-state index in [1.807, 2.05) is 72.9 Å². The molecule has 5 rings (SSSR count). The Morgan fingerprint density at radius 1 is 0.889 bits per heavy atom. The summed E-state index contributed by atoms with van der Waals surface area (Å²) < 4.78 is 5.92. The van der Waals surface area contributed by atoms with Crippen molar-refractivity contribution >= 4 is 16.8 Å². The van der Waals surface area contributed by atoms with Crippen LogP contribution in [0.3, 0.4) is 0 Å². The number of carbonyl (C=O) groups is 1. The van der Waals surface area contributed by atoms with Gasteiger partial charge in [0.2, 0.25) is 0 Å². The summed E-state index contributed by atoms with van der Waals surface area (Å²) in [6, 6.07) is 23.8. The Hall–Kier alpha value is -3.53. The van der Waals surface area contributed by atoms with Gasteiger partial charge in [-0.15, -0.1) is 0 Å². The van der Waals surface area contributed by atoms with Gasteiger partial charge in [0.25, 0.3) is 5.91 Å². The summed E-state index contributed by atoms with van der Waals surface area (Å²) in [5.41, 5.74) is 4.97. The molecule has 2 heterocycles. The fourth-order valence-electron chi connectivity index (χ4n) is 3.68. The van der Waals surface area contributed by atoms with Gasteiger partial charge in [-0.25, -0.2) is 0 Å². The summed E-state index contributed by atoms with van der Waals surface area (Å²) in [6.07, 6.45) is 1.97. The van der Waals surface area contributed by atoms with Crippen LogP contribution in [0.5, 0.6) is 5.75 Å². The highest BCUT2D eigenvalue weighted by atomic mass is 16.5. The van der Waals surface area contributed by atoms with Gasteiger partial charge in [0.15, 0.2) is 0 Å². The van der Waals surface area contributed by atoms with Crippen LogP contribution in [0.4, 0.5) is 0 Å². The van der Waals surface area contributed by atoms with E-state index in [4.69, 9.17) is 4.74 Å². The molecule has 0 unspecified atom stereocenters. The fraction of sp³-hybridized carbons (Fsp3) is 0.0870.